The first-order chi connectivity index (χ1) is 7.92. The smallest absolute Gasteiger partial charge is 0.0606 e. The standard InChI is InChI=1S/C15H20O/c1-2-4-12(5-3-1)8-9-16-15-11-13-6-7-14(15)10-13/h1-5,13-15H,6-11H2. The molecule has 1 aromatic rings. The molecule has 0 heterocycles. The molecule has 2 fully saturated rings. The largest absolute Gasteiger partial charge is 0.378 e. The molecule has 0 aliphatic heterocycles. The molecule has 1 aromatic carbocycles. The normalized spacial score (nSPS) is 32.1. The van der Waals surface area contributed by atoms with Crippen molar-refractivity contribution in [1.82, 2.24) is 0 Å². The average Bonchev–Trinajstić information content (AvgIpc) is 2.92. The van der Waals surface area contributed by atoms with Crippen LogP contribution in [0.15, 0.2) is 30.3 Å². The maximum atomic E-state index is 6.04. The molecule has 3 rings (SSSR count). The van der Waals surface area contributed by atoms with Gasteiger partial charge in [0, 0.05) is 0 Å². The minimum Gasteiger partial charge on any atom is -0.378 e. The summed E-state index contributed by atoms with van der Waals surface area (Å²) >= 11 is 0. The van der Waals surface area contributed by atoms with Crippen LogP contribution in [0.5, 0.6) is 0 Å². The highest BCUT2D eigenvalue weighted by atomic mass is 16.5. The molecule has 16 heavy (non-hydrogen) atoms. The molecule has 2 aliphatic rings. The van der Waals surface area contributed by atoms with Crippen LogP contribution >= 0.6 is 0 Å². The third-order valence-electron chi connectivity index (χ3n) is 4.24. The highest BCUT2D eigenvalue weighted by Crippen LogP contribution is 2.45. The van der Waals surface area contributed by atoms with E-state index in [1.807, 2.05) is 0 Å². The zero-order valence-electron chi connectivity index (χ0n) is 9.77. The van der Waals surface area contributed by atoms with Gasteiger partial charge in [0.25, 0.3) is 0 Å². The number of benzene rings is 1. The lowest BCUT2D eigenvalue weighted by Crippen LogP contribution is -2.21. The summed E-state index contributed by atoms with van der Waals surface area (Å²) in [4.78, 5) is 0. The van der Waals surface area contributed by atoms with E-state index in [4.69, 9.17) is 4.74 Å². The highest BCUT2D eigenvalue weighted by Gasteiger charge is 2.39. The van der Waals surface area contributed by atoms with E-state index in [9.17, 15) is 0 Å². The Morgan fingerprint density at radius 1 is 1.06 bits per heavy atom. The van der Waals surface area contributed by atoms with E-state index in [-0.39, 0.29) is 0 Å². The van der Waals surface area contributed by atoms with Crippen LogP contribution in [0.3, 0.4) is 0 Å². The molecular weight excluding hydrogens is 196 g/mol. The molecule has 0 N–H and O–H groups in total. The second-order valence-electron chi connectivity index (χ2n) is 5.32. The van der Waals surface area contributed by atoms with E-state index < -0.39 is 0 Å². The molecule has 3 unspecified atom stereocenters. The number of hydrogen-bond donors (Lipinski definition) is 0. The van der Waals surface area contributed by atoms with Gasteiger partial charge in [0.1, 0.15) is 0 Å². The molecule has 1 heteroatoms. The predicted molar refractivity (Wildman–Crippen MR) is 65.3 cm³/mol. The minimum absolute atomic E-state index is 0.586. The van der Waals surface area contributed by atoms with Crippen molar-refractivity contribution in [2.75, 3.05) is 6.61 Å². The molecule has 2 bridgehead atoms. The fourth-order valence-corrected chi connectivity index (χ4v) is 3.36. The van der Waals surface area contributed by atoms with Crippen LogP contribution in [0.1, 0.15) is 31.2 Å². The van der Waals surface area contributed by atoms with E-state index in [1.54, 1.807) is 0 Å². The first-order valence-corrected chi connectivity index (χ1v) is 6.57. The Hall–Kier alpha value is -0.820. The van der Waals surface area contributed by atoms with Crippen LogP contribution in [-0.4, -0.2) is 12.7 Å². The zero-order valence-corrected chi connectivity index (χ0v) is 9.77. The summed E-state index contributed by atoms with van der Waals surface area (Å²) in [7, 11) is 0. The third-order valence-corrected chi connectivity index (χ3v) is 4.24. The molecule has 0 saturated heterocycles. The van der Waals surface area contributed by atoms with E-state index in [1.165, 1.54) is 31.2 Å². The summed E-state index contributed by atoms with van der Waals surface area (Å²) in [6.45, 7) is 0.901. The highest BCUT2D eigenvalue weighted by molar-refractivity contribution is 5.14. The molecular formula is C15H20O. The number of hydrogen-bond acceptors (Lipinski definition) is 1. The van der Waals surface area contributed by atoms with E-state index >= 15 is 0 Å². The van der Waals surface area contributed by atoms with Gasteiger partial charge in [-0.25, -0.2) is 0 Å². The first-order valence-electron chi connectivity index (χ1n) is 6.57. The molecule has 2 saturated carbocycles. The monoisotopic (exact) mass is 216 g/mol. The van der Waals surface area contributed by atoms with E-state index in [0.717, 1.165) is 24.9 Å². The maximum absolute atomic E-state index is 6.04. The lowest BCUT2D eigenvalue weighted by atomic mass is 9.98. The number of fused-ring (bicyclic) bond motifs is 2. The fraction of sp³-hybridized carbons (Fsp3) is 0.600. The van der Waals surface area contributed by atoms with Crippen LogP contribution in [-0.2, 0) is 11.2 Å². The summed E-state index contributed by atoms with van der Waals surface area (Å²) in [6.07, 6.45) is 7.30. The van der Waals surface area contributed by atoms with Crippen molar-refractivity contribution in [3.8, 4) is 0 Å². The number of rotatable bonds is 4. The summed E-state index contributed by atoms with van der Waals surface area (Å²) in [5.41, 5.74) is 1.39. The Bertz CT molecular complexity index is 333. The first kappa shape index (κ1) is 10.3. The third kappa shape index (κ3) is 2.15. The average molecular weight is 216 g/mol. The van der Waals surface area contributed by atoms with Crippen LogP contribution in [0.4, 0.5) is 0 Å². The molecule has 0 radical (unpaired) electrons. The summed E-state index contributed by atoms with van der Waals surface area (Å²) in [5, 5.41) is 0. The van der Waals surface area contributed by atoms with Gasteiger partial charge in [-0.2, -0.15) is 0 Å². The van der Waals surface area contributed by atoms with Crippen molar-refractivity contribution in [3.63, 3.8) is 0 Å². The van der Waals surface area contributed by atoms with Crippen molar-refractivity contribution < 1.29 is 4.74 Å². The van der Waals surface area contributed by atoms with Gasteiger partial charge in [-0.3, -0.25) is 0 Å². The molecule has 2 aliphatic carbocycles. The number of ether oxygens (including phenoxy) is 1. The van der Waals surface area contributed by atoms with Crippen LogP contribution in [0, 0.1) is 11.8 Å². The van der Waals surface area contributed by atoms with Crippen molar-refractivity contribution in [1.29, 1.82) is 0 Å². The Kier molecular flexibility index (Phi) is 2.96. The topological polar surface area (TPSA) is 9.23 Å². The molecule has 0 spiro atoms. The van der Waals surface area contributed by atoms with Gasteiger partial charge in [0.15, 0.2) is 0 Å². The lowest BCUT2D eigenvalue weighted by molar-refractivity contribution is 0.0183. The quantitative estimate of drug-likeness (QED) is 0.749. The van der Waals surface area contributed by atoms with E-state index in [2.05, 4.69) is 30.3 Å². The molecule has 1 nitrogen and oxygen atoms in total. The van der Waals surface area contributed by atoms with Crippen LogP contribution in [0.25, 0.3) is 0 Å². The fourth-order valence-electron chi connectivity index (χ4n) is 3.36. The predicted octanol–water partition coefficient (Wildman–Crippen LogP) is 3.43. The Labute approximate surface area is 97.8 Å². The Morgan fingerprint density at radius 3 is 2.62 bits per heavy atom. The van der Waals surface area contributed by atoms with Gasteiger partial charge < -0.3 is 4.74 Å². The lowest BCUT2D eigenvalue weighted by Gasteiger charge is -2.22. The van der Waals surface area contributed by atoms with Crippen molar-refractivity contribution >= 4 is 0 Å². The molecule has 0 aromatic heterocycles. The van der Waals surface area contributed by atoms with Gasteiger partial charge in [-0.15, -0.1) is 0 Å². The van der Waals surface area contributed by atoms with E-state index in [0.29, 0.717) is 6.10 Å². The van der Waals surface area contributed by atoms with Gasteiger partial charge in [-0.05, 0) is 49.5 Å². The Morgan fingerprint density at radius 2 is 1.94 bits per heavy atom. The van der Waals surface area contributed by atoms with Crippen LogP contribution < -0.4 is 0 Å². The van der Waals surface area contributed by atoms with Crippen molar-refractivity contribution in [2.24, 2.45) is 11.8 Å². The Balaban J connectivity index is 1.44. The maximum Gasteiger partial charge on any atom is 0.0606 e. The second-order valence-corrected chi connectivity index (χ2v) is 5.32. The van der Waals surface area contributed by atoms with Gasteiger partial charge in [0.05, 0.1) is 12.7 Å². The zero-order chi connectivity index (χ0) is 10.8. The molecule has 86 valence electrons. The summed E-state index contributed by atoms with van der Waals surface area (Å²) < 4.78 is 6.04. The van der Waals surface area contributed by atoms with Crippen LogP contribution in [0.2, 0.25) is 0 Å². The van der Waals surface area contributed by atoms with Crippen molar-refractivity contribution in [3.05, 3.63) is 35.9 Å². The van der Waals surface area contributed by atoms with Gasteiger partial charge in [0.2, 0.25) is 0 Å². The molecule has 3 atom stereocenters. The summed E-state index contributed by atoms with van der Waals surface area (Å²) in [6, 6.07) is 10.6. The second kappa shape index (κ2) is 4.58. The molecule has 0 amide bonds. The van der Waals surface area contributed by atoms with Gasteiger partial charge >= 0.3 is 0 Å². The summed E-state index contributed by atoms with van der Waals surface area (Å²) in [5.74, 6) is 1.88. The van der Waals surface area contributed by atoms with Gasteiger partial charge in [-0.1, -0.05) is 30.3 Å². The minimum atomic E-state index is 0.586. The van der Waals surface area contributed by atoms with Crippen molar-refractivity contribution in [2.45, 2.75) is 38.2 Å². The SMILES string of the molecule is c1ccc(CCOC2CC3CCC2C3)cc1.